The van der Waals surface area contributed by atoms with Crippen molar-refractivity contribution < 1.29 is 27.9 Å². The molecule has 4 heterocycles. The highest BCUT2D eigenvalue weighted by Gasteiger charge is 2.39. The van der Waals surface area contributed by atoms with Crippen molar-refractivity contribution in [2.75, 3.05) is 18.4 Å². The monoisotopic (exact) mass is 424 g/mol. The van der Waals surface area contributed by atoms with Crippen molar-refractivity contribution in [2.24, 2.45) is 5.41 Å². The highest BCUT2D eigenvalue weighted by atomic mass is 19.4. The van der Waals surface area contributed by atoms with E-state index in [1.165, 1.54) is 0 Å². The maximum absolute atomic E-state index is 12.2. The van der Waals surface area contributed by atoms with Gasteiger partial charge in [-0.05, 0) is 19.1 Å². The van der Waals surface area contributed by atoms with Crippen molar-refractivity contribution in [1.82, 2.24) is 24.5 Å². The van der Waals surface area contributed by atoms with Crippen LogP contribution in [-0.2, 0) is 16.1 Å². The number of imidazole rings is 1. The molecule has 4 rings (SSSR count). The predicted molar refractivity (Wildman–Crippen MR) is 99.8 cm³/mol. The number of carboxylic acids is 1. The number of hydrogen-bond acceptors (Lipinski definition) is 5. The number of amides is 1. The van der Waals surface area contributed by atoms with Crippen molar-refractivity contribution in [1.29, 1.82) is 0 Å². The second kappa shape index (κ2) is 8.14. The van der Waals surface area contributed by atoms with Crippen molar-refractivity contribution >= 4 is 23.3 Å². The number of carbonyl (C=O) groups excluding carboxylic acids is 1. The van der Waals surface area contributed by atoms with E-state index < -0.39 is 12.1 Å². The van der Waals surface area contributed by atoms with E-state index in [-0.39, 0.29) is 11.3 Å². The van der Waals surface area contributed by atoms with Crippen molar-refractivity contribution in [2.45, 2.75) is 19.6 Å². The van der Waals surface area contributed by atoms with Gasteiger partial charge in [-0.1, -0.05) is 6.07 Å². The minimum atomic E-state index is -5.08. The van der Waals surface area contributed by atoms with E-state index >= 15 is 0 Å². The van der Waals surface area contributed by atoms with Gasteiger partial charge in [0.05, 0.1) is 17.7 Å². The highest BCUT2D eigenvalue weighted by molar-refractivity contribution is 5.95. The third-order valence-electron chi connectivity index (χ3n) is 4.44. The summed E-state index contributed by atoms with van der Waals surface area (Å²) < 4.78 is 35.5. The number of halogens is 3. The molecule has 3 aromatic rings. The van der Waals surface area contributed by atoms with Gasteiger partial charge in [0.25, 0.3) is 0 Å². The molecule has 1 aliphatic rings. The summed E-state index contributed by atoms with van der Waals surface area (Å²) in [6.07, 6.45) is 0.714. The van der Waals surface area contributed by atoms with Gasteiger partial charge in [0, 0.05) is 37.7 Å². The zero-order valence-corrected chi connectivity index (χ0v) is 15.8. The SMILES string of the molecule is CC1(C(=O)Nc2ccn(Cc3cn4ccccc4n3)n2)CNC1.O=C(O)C(F)(F)F. The molecule has 160 valence electrons. The quantitative estimate of drug-likeness (QED) is 0.588. The van der Waals surface area contributed by atoms with Gasteiger partial charge < -0.3 is 20.1 Å². The molecule has 0 spiro atoms. The molecule has 3 N–H and O–H groups in total. The molecular formula is C18H19F3N6O3. The molecule has 0 unspecified atom stereocenters. The number of pyridine rings is 1. The van der Waals surface area contributed by atoms with Gasteiger partial charge in [-0.25, -0.2) is 9.78 Å². The number of carboxylic acid groups (broad SMARTS) is 1. The van der Waals surface area contributed by atoms with E-state index in [1.807, 2.05) is 54.2 Å². The topological polar surface area (TPSA) is 114 Å². The first-order valence-electron chi connectivity index (χ1n) is 8.85. The Labute approximate surface area is 168 Å². The highest BCUT2D eigenvalue weighted by Crippen LogP contribution is 2.23. The van der Waals surface area contributed by atoms with Crippen LogP contribution < -0.4 is 10.6 Å². The van der Waals surface area contributed by atoms with Gasteiger partial charge >= 0.3 is 12.1 Å². The standard InChI is InChI=1S/C16H18N6O.C2HF3O2/c1-16(10-17-11-16)15(23)19-13-5-7-22(20-13)9-12-8-21-6-3-2-4-14(21)18-12;3-2(4,5)1(6)7/h2-8,17H,9-11H2,1H3,(H,19,20,23);(H,6,7). The van der Waals surface area contributed by atoms with Crippen LogP contribution in [0.25, 0.3) is 5.65 Å². The van der Waals surface area contributed by atoms with Crippen LogP contribution in [0.5, 0.6) is 0 Å². The lowest BCUT2D eigenvalue weighted by molar-refractivity contribution is -0.192. The Hall–Kier alpha value is -3.41. The smallest absolute Gasteiger partial charge is 0.475 e. The summed E-state index contributed by atoms with van der Waals surface area (Å²) in [5.41, 5.74) is 1.51. The Morgan fingerprint density at radius 2 is 1.97 bits per heavy atom. The minimum absolute atomic E-state index is 0.00855. The maximum Gasteiger partial charge on any atom is 0.490 e. The lowest BCUT2D eigenvalue weighted by Crippen LogP contribution is -2.58. The molecule has 30 heavy (non-hydrogen) atoms. The zero-order chi connectivity index (χ0) is 21.9. The van der Waals surface area contributed by atoms with Crippen LogP contribution in [-0.4, -0.2) is 55.4 Å². The average molecular weight is 424 g/mol. The molecule has 0 aliphatic carbocycles. The summed E-state index contributed by atoms with van der Waals surface area (Å²) in [5, 5.41) is 17.5. The summed E-state index contributed by atoms with van der Waals surface area (Å²) in [4.78, 5) is 25.6. The fourth-order valence-electron chi connectivity index (χ4n) is 2.67. The Balaban J connectivity index is 0.000000318. The number of nitrogens with one attached hydrogen (secondary N) is 2. The van der Waals surface area contributed by atoms with Gasteiger partial charge in [-0.3, -0.25) is 9.48 Å². The number of alkyl halides is 3. The van der Waals surface area contributed by atoms with Crippen molar-refractivity contribution in [3.05, 3.63) is 48.5 Å². The first kappa shape index (κ1) is 21.3. The Morgan fingerprint density at radius 1 is 1.27 bits per heavy atom. The molecule has 1 saturated heterocycles. The Bertz CT molecular complexity index is 1020. The summed E-state index contributed by atoms with van der Waals surface area (Å²) in [5.74, 6) is -2.17. The second-order valence-corrected chi connectivity index (χ2v) is 7.02. The van der Waals surface area contributed by atoms with Gasteiger partial charge in [-0.2, -0.15) is 18.3 Å². The van der Waals surface area contributed by atoms with Crippen LogP contribution in [0, 0.1) is 5.41 Å². The number of fused-ring (bicyclic) bond motifs is 1. The molecule has 1 amide bonds. The summed E-state index contributed by atoms with van der Waals surface area (Å²) in [6, 6.07) is 7.70. The minimum Gasteiger partial charge on any atom is -0.475 e. The van der Waals surface area contributed by atoms with E-state index in [9.17, 15) is 18.0 Å². The van der Waals surface area contributed by atoms with Gasteiger partial charge in [0.1, 0.15) is 5.65 Å². The van der Waals surface area contributed by atoms with Crippen molar-refractivity contribution in [3.8, 4) is 0 Å². The largest absolute Gasteiger partial charge is 0.490 e. The summed E-state index contributed by atoms with van der Waals surface area (Å²) >= 11 is 0. The first-order valence-corrected chi connectivity index (χ1v) is 8.85. The predicted octanol–water partition coefficient (Wildman–Crippen LogP) is 1.76. The summed E-state index contributed by atoms with van der Waals surface area (Å²) in [6.45, 7) is 3.93. The van der Waals surface area contributed by atoms with Crippen molar-refractivity contribution in [3.63, 3.8) is 0 Å². The molecule has 0 atom stereocenters. The second-order valence-electron chi connectivity index (χ2n) is 7.02. The van der Waals surface area contributed by atoms with Crippen LogP contribution in [0.1, 0.15) is 12.6 Å². The lowest BCUT2D eigenvalue weighted by Gasteiger charge is -2.37. The summed E-state index contributed by atoms with van der Waals surface area (Å²) in [7, 11) is 0. The van der Waals surface area contributed by atoms with Crippen LogP contribution in [0.15, 0.2) is 42.9 Å². The van der Waals surface area contributed by atoms with E-state index in [0.29, 0.717) is 25.5 Å². The Morgan fingerprint density at radius 3 is 2.53 bits per heavy atom. The number of aliphatic carboxylic acids is 1. The lowest BCUT2D eigenvalue weighted by atomic mass is 9.83. The molecule has 0 bridgehead atoms. The normalized spacial score (nSPS) is 15.1. The molecule has 0 aromatic carbocycles. The molecule has 9 nitrogen and oxygen atoms in total. The van der Waals surface area contributed by atoms with Crippen LogP contribution in [0.4, 0.5) is 19.0 Å². The van der Waals surface area contributed by atoms with Gasteiger partial charge in [0.2, 0.25) is 5.91 Å². The maximum atomic E-state index is 12.2. The molecule has 1 fully saturated rings. The number of carbonyl (C=O) groups is 2. The third kappa shape index (κ3) is 4.95. The van der Waals surface area contributed by atoms with Gasteiger partial charge in [0.15, 0.2) is 5.82 Å². The van der Waals surface area contributed by atoms with E-state index in [0.717, 1.165) is 11.3 Å². The van der Waals surface area contributed by atoms with E-state index in [2.05, 4.69) is 20.7 Å². The number of anilines is 1. The molecular weight excluding hydrogens is 405 g/mol. The van der Waals surface area contributed by atoms with Gasteiger partial charge in [-0.15, -0.1) is 0 Å². The van der Waals surface area contributed by atoms with Crippen LogP contribution in [0.2, 0.25) is 0 Å². The molecule has 0 saturated carbocycles. The number of aromatic nitrogens is 4. The van der Waals surface area contributed by atoms with E-state index in [4.69, 9.17) is 9.90 Å². The molecule has 0 radical (unpaired) electrons. The molecule has 3 aromatic heterocycles. The zero-order valence-electron chi connectivity index (χ0n) is 15.8. The number of nitrogens with zero attached hydrogens (tertiary/aromatic N) is 4. The fourth-order valence-corrected chi connectivity index (χ4v) is 2.67. The van der Waals surface area contributed by atoms with Crippen LogP contribution >= 0.6 is 0 Å². The average Bonchev–Trinajstić information content (AvgIpc) is 3.25. The molecule has 1 aliphatic heterocycles. The number of rotatable bonds is 4. The van der Waals surface area contributed by atoms with E-state index in [1.54, 1.807) is 4.68 Å². The third-order valence-corrected chi connectivity index (χ3v) is 4.44. The fraction of sp³-hybridized carbons (Fsp3) is 0.333. The van der Waals surface area contributed by atoms with Crippen LogP contribution in [0.3, 0.4) is 0 Å². The Kier molecular flexibility index (Phi) is 5.78. The number of hydrogen-bond donors (Lipinski definition) is 3. The molecule has 12 heteroatoms. The first-order chi connectivity index (χ1) is 14.1.